The molecule has 1 N–H and O–H groups in total. The number of amides is 1. The van der Waals surface area contributed by atoms with E-state index in [1.807, 2.05) is 0 Å². The molecule has 2 heterocycles. The number of carbonyl (C=O) groups excluding carboxylic acids is 1. The minimum absolute atomic E-state index is 0.402. The normalized spacial score (nSPS) is 28.1. The Labute approximate surface area is 98.6 Å². The highest BCUT2D eigenvalue weighted by atomic mass is 16.2. The highest BCUT2D eigenvalue weighted by Gasteiger charge is 2.25. The number of nitrogens with zero attached hydrogens (tertiary/aromatic N) is 1. The molecule has 92 valence electrons. The van der Waals surface area contributed by atoms with Crippen molar-refractivity contribution in [3.05, 3.63) is 0 Å². The number of piperidine rings is 2. The van der Waals surface area contributed by atoms with E-state index in [9.17, 15) is 4.79 Å². The van der Waals surface area contributed by atoms with Gasteiger partial charge in [0.25, 0.3) is 0 Å². The topological polar surface area (TPSA) is 32.3 Å². The number of hydrogen-bond donors (Lipinski definition) is 1. The third kappa shape index (κ3) is 2.97. The van der Waals surface area contributed by atoms with Gasteiger partial charge in [0.15, 0.2) is 0 Å². The molecule has 2 fully saturated rings. The van der Waals surface area contributed by atoms with Gasteiger partial charge in [0.2, 0.25) is 5.91 Å². The van der Waals surface area contributed by atoms with E-state index in [1.54, 1.807) is 0 Å². The molecule has 3 nitrogen and oxygen atoms in total. The molecule has 16 heavy (non-hydrogen) atoms. The molecule has 0 spiro atoms. The molecule has 2 saturated heterocycles. The Morgan fingerprint density at radius 1 is 1.25 bits per heavy atom. The van der Waals surface area contributed by atoms with E-state index < -0.39 is 0 Å². The minimum atomic E-state index is 0.402. The molecule has 0 aliphatic carbocycles. The van der Waals surface area contributed by atoms with Crippen molar-refractivity contribution in [1.29, 1.82) is 0 Å². The van der Waals surface area contributed by atoms with E-state index >= 15 is 0 Å². The molecule has 0 bridgehead atoms. The van der Waals surface area contributed by atoms with Crippen LogP contribution in [0.2, 0.25) is 0 Å². The summed E-state index contributed by atoms with van der Waals surface area (Å²) in [5.74, 6) is 1.03. The Kier molecular flexibility index (Phi) is 4.22. The average molecular weight is 224 g/mol. The summed E-state index contributed by atoms with van der Waals surface area (Å²) in [6.45, 7) is 5.37. The van der Waals surface area contributed by atoms with Gasteiger partial charge in [-0.15, -0.1) is 0 Å². The molecular weight excluding hydrogens is 200 g/mol. The lowest BCUT2D eigenvalue weighted by molar-refractivity contribution is -0.135. The fourth-order valence-corrected chi connectivity index (χ4v) is 2.92. The quantitative estimate of drug-likeness (QED) is 0.775. The van der Waals surface area contributed by atoms with Crippen molar-refractivity contribution in [3.8, 4) is 0 Å². The van der Waals surface area contributed by atoms with Crippen LogP contribution in [0.3, 0.4) is 0 Å². The Morgan fingerprint density at radius 2 is 2.00 bits per heavy atom. The molecule has 2 rings (SSSR count). The Bertz CT molecular complexity index is 236. The SMILES string of the molecule is CC1CCCCN1C(=O)CC1CCNCC1. The number of nitrogens with one attached hydrogen (secondary N) is 1. The third-order valence-corrected chi connectivity index (χ3v) is 4.05. The van der Waals surface area contributed by atoms with Crippen LogP contribution in [0.5, 0.6) is 0 Å². The smallest absolute Gasteiger partial charge is 0.223 e. The zero-order valence-corrected chi connectivity index (χ0v) is 10.4. The second-order valence-corrected chi connectivity index (χ2v) is 5.33. The molecule has 2 aliphatic rings. The van der Waals surface area contributed by atoms with Crippen LogP contribution in [0.25, 0.3) is 0 Å². The van der Waals surface area contributed by atoms with Crippen molar-refractivity contribution in [3.63, 3.8) is 0 Å². The maximum atomic E-state index is 12.2. The molecule has 0 aromatic heterocycles. The van der Waals surface area contributed by atoms with Gasteiger partial charge in [-0.3, -0.25) is 4.79 Å². The summed E-state index contributed by atoms with van der Waals surface area (Å²) in [4.78, 5) is 14.3. The molecule has 1 unspecified atom stereocenters. The van der Waals surface area contributed by atoms with Crippen LogP contribution in [-0.4, -0.2) is 36.5 Å². The van der Waals surface area contributed by atoms with Crippen molar-refractivity contribution < 1.29 is 4.79 Å². The fourth-order valence-electron chi connectivity index (χ4n) is 2.92. The standard InChI is InChI=1S/C13H24N2O/c1-11-4-2-3-9-15(11)13(16)10-12-5-7-14-8-6-12/h11-12,14H,2-10H2,1H3. The highest BCUT2D eigenvalue weighted by molar-refractivity contribution is 5.76. The second kappa shape index (κ2) is 5.67. The summed E-state index contributed by atoms with van der Waals surface area (Å²) in [5.41, 5.74) is 0. The van der Waals surface area contributed by atoms with Crippen molar-refractivity contribution in [2.75, 3.05) is 19.6 Å². The Hall–Kier alpha value is -0.570. The summed E-state index contributed by atoms with van der Waals surface area (Å²) < 4.78 is 0. The molecule has 0 saturated carbocycles. The first kappa shape index (κ1) is 11.9. The predicted molar refractivity (Wildman–Crippen MR) is 65.2 cm³/mol. The van der Waals surface area contributed by atoms with Crippen LogP contribution in [0.4, 0.5) is 0 Å². The van der Waals surface area contributed by atoms with Gasteiger partial charge in [-0.05, 0) is 58.0 Å². The van der Waals surface area contributed by atoms with Gasteiger partial charge in [-0.1, -0.05) is 0 Å². The second-order valence-electron chi connectivity index (χ2n) is 5.33. The van der Waals surface area contributed by atoms with Crippen LogP contribution < -0.4 is 5.32 Å². The lowest BCUT2D eigenvalue weighted by atomic mass is 9.93. The first-order valence-corrected chi connectivity index (χ1v) is 6.77. The summed E-state index contributed by atoms with van der Waals surface area (Å²) in [6, 6.07) is 0.475. The van der Waals surface area contributed by atoms with Crippen LogP contribution >= 0.6 is 0 Å². The van der Waals surface area contributed by atoms with Crippen molar-refractivity contribution in [2.45, 2.75) is 51.5 Å². The van der Waals surface area contributed by atoms with E-state index in [4.69, 9.17) is 0 Å². The van der Waals surface area contributed by atoms with Crippen molar-refractivity contribution >= 4 is 5.91 Å². The molecule has 1 atom stereocenters. The summed E-state index contributed by atoms with van der Waals surface area (Å²) in [5, 5.41) is 3.35. The largest absolute Gasteiger partial charge is 0.340 e. The van der Waals surface area contributed by atoms with E-state index in [-0.39, 0.29) is 0 Å². The summed E-state index contributed by atoms with van der Waals surface area (Å²) in [7, 11) is 0. The number of rotatable bonds is 2. The van der Waals surface area contributed by atoms with Crippen LogP contribution in [-0.2, 0) is 4.79 Å². The van der Waals surface area contributed by atoms with Gasteiger partial charge in [0, 0.05) is 19.0 Å². The summed E-state index contributed by atoms with van der Waals surface area (Å²) in [6.07, 6.45) is 6.81. The minimum Gasteiger partial charge on any atom is -0.340 e. The van der Waals surface area contributed by atoms with Gasteiger partial charge >= 0.3 is 0 Å². The Balaban J connectivity index is 1.81. The summed E-state index contributed by atoms with van der Waals surface area (Å²) >= 11 is 0. The van der Waals surface area contributed by atoms with Gasteiger partial charge in [-0.2, -0.15) is 0 Å². The van der Waals surface area contributed by atoms with Crippen LogP contribution in [0.1, 0.15) is 45.4 Å². The highest BCUT2D eigenvalue weighted by Crippen LogP contribution is 2.22. The molecule has 0 aromatic carbocycles. The van der Waals surface area contributed by atoms with Crippen LogP contribution in [0.15, 0.2) is 0 Å². The zero-order chi connectivity index (χ0) is 11.4. The van der Waals surface area contributed by atoms with Gasteiger partial charge in [-0.25, -0.2) is 0 Å². The molecule has 0 radical (unpaired) electrons. The maximum Gasteiger partial charge on any atom is 0.223 e. The number of likely N-dealkylation sites (tertiary alicyclic amines) is 1. The van der Waals surface area contributed by atoms with E-state index in [0.717, 1.165) is 26.1 Å². The van der Waals surface area contributed by atoms with Crippen molar-refractivity contribution in [1.82, 2.24) is 10.2 Å². The first-order chi connectivity index (χ1) is 7.77. The van der Waals surface area contributed by atoms with Gasteiger partial charge < -0.3 is 10.2 Å². The third-order valence-electron chi connectivity index (χ3n) is 4.05. The van der Waals surface area contributed by atoms with E-state index in [2.05, 4.69) is 17.1 Å². The van der Waals surface area contributed by atoms with Gasteiger partial charge in [0.05, 0.1) is 0 Å². The molecule has 2 aliphatic heterocycles. The lowest BCUT2D eigenvalue weighted by Crippen LogP contribution is -2.43. The number of carbonyl (C=O) groups is 1. The predicted octanol–water partition coefficient (Wildman–Crippen LogP) is 1.78. The van der Waals surface area contributed by atoms with Crippen LogP contribution in [0, 0.1) is 5.92 Å². The molecular formula is C13H24N2O. The maximum absolute atomic E-state index is 12.2. The van der Waals surface area contributed by atoms with Crippen molar-refractivity contribution in [2.24, 2.45) is 5.92 Å². The number of hydrogen-bond acceptors (Lipinski definition) is 2. The van der Waals surface area contributed by atoms with E-state index in [0.29, 0.717) is 17.9 Å². The molecule has 0 aromatic rings. The first-order valence-electron chi connectivity index (χ1n) is 6.77. The Morgan fingerprint density at radius 3 is 2.69 bits per heavy atom. The average Bonchev–Trinajstić information content (AvgIpc) is 2.31. The monoisotopic (exact) mass is 224 g/mol. The fraction of sp³-hybridized carbons (Fsp3) is 0.923. The van der Waals surface area contributed by atoms with Gasteiger partial charge in [0.1, 0.15) is 0 Å². The molecule has 3 heteroatoms. The molecule has 1 amide bonds. The zero-order valence-electron chi connectivity index (χ0n) is 10.4. The lowest BCUT2D eigenvalue weighted by Gasteiger charge is -2.35. The van der Waals surface area contributed by atoms with E-state index in [1.165, 1.54) is 32.1 Å².